The van der Waals surface area contributed by atoms with Gasteiger partial charge in [0.25, 0.3) is 0 Å². The highest BCUT2D eigenvalue weighted by molar-refractivity contribution is 5.83. The van der Waals surface area contributed by atoms with E-state index in [9.17, 15) is 5.11 Å². The molecule has 0 aliphatic rings. The number of H-pyrrole nitrogens is 1. The Morgan fingerprint density at radius 1 is 1.33 bits per heavy atom. The average molecular weight is 203 g/mol. The van der Waals surface area contributed by atoms with Crippen molar-refractivity contribution in [3.63, 3.8) is 0 Å². The fourth-order valence-corrected chi connectivity index (χ4v) is 1.93. The lowest BCUT2D eigenvalue weighted by atomic mass is 9.98. The topological polar surface area (TPSA) is 36.0 Å². The highest BCUT2D eigenvalue weighted by atomic mass is 16.3. The van der Waals surface area contributed by atoms with E-state index in [-0.39, 0.29) is 0 Å². The van der Waals surface area contributed by atoms with Gasteiger partial charge in [-0.2, -0.15) is 0 Å². The van der Waals surface area contributed by atoms with E-state index in [1.54, 1.807) is 0 Å². The first kappa shape index (κ1) is 10.2. The Morgan fingerprint density at radius 3 is 2.73 bits per heavy atom. The first-order chi connectivity index (χ1) is 6.96. The number of aromatic nitrogens is 1. The molecule has 1 heterocycles. The van der Waals surface area contributed by atoms with Crippen molar-refractivity contribution in [2.45, 2.75) is 32.8 Å². The first-order valence-electron chi connectivity index (χ1n) is 5.25. The zero-order valence-corrected chi connectivity index (χ0v) is 9.46. The van der Waals surface area contributed by atoms with E-state index in [1.165, 1.54) is 10.9 Å². The standard InChI is InChI=1S/C13H17NO/c1-9-8-14-12-6-10(4-5-11(9)12)7-13(2,3)15/h4-6,8,14-15H,7H2,1-3H3. The lowest BCUT2D eigenvalue weighted by Gasteiger charge is -2.16. The van der Waals surface area contributed by atoms with Gasteiger partial charge >= 0.3 is 0 Å². The molecular weight excluding hydrogens is 186 g/mol. The lowest BCUT2D eigenvalue weighted by molar-refractivity contribution is 0.0810. The van der Waals surface area contributed by atoms with E-state index in [4.69, 9.17) is 0 Å². The van der Waals surface area contributed by atoms with Crippen LogP contribution in [0.25, 0.3) is 10.9 Å². The van der Waals surface area contributed by atoms with Crippen molar-refractivity contribution in [1.82, 2.24) is 4.98 Å². The maximum Gasteiger partial charge on any atom is 0.0631 e. The molecule has 2 heteroatoms. The fraction of sp³-hybridized carbons (Fsp3) is 0.385. The Hall–Kier alpha value is -1.28. The van der Waals surface area contributed by atoms with Gasteiger partial charge in [0, 0.05) is 23.5 Å². The molecule has 0 radical (unpaired) electrons. The zero-order chi connectivity index (χ0) is 11.1. The summed E-state index contributed by atoms with van der Waals surface area (Å²) in [4.78, 5) is 3.23. The molecule has 0 aliphatic heterocycles. The second-order valence-corrected chi connectivity index (χ2v) is 4.84. The predicted octanol–water partition coefficient (Wildman–Crippen LogP) is 2.79. The van der Waals surface area contributed by atoms with Crippen molar-refractivity contribution >= 4 is 10.9 Å². The number of aryl methyl sites for hydroxylation is 1. The Morgan fingerprint density at radius 2 is 2.07 bits per heavy atom. The van der Waals surface area contributed by atoms with Crippen LogP contribution >= 0.6 is 0 Å². The minimum atomic E-state index is -0.644. The molecule has 2 rings (SSSR count). The summed E-state index contributed by atoms with van der Waals surface area (Å²) >= 11 is 0. The molecule has 0 spiro atoms. The van der Waals surface area contributed by atoms with Gasteiger partial charge in [0.2, 0.25) is 0 Å². The summed E-state index contributed by atoms with van der Waals surface area (Å²) in [5.74, 6) is 0. The molecule has 0 aliphatic carbocycles. The van der Waals surface area contributed by atoms with Crippen molar-refractivity contribution in [3.8, 4) is 0 Å². The van der Waals surface area contributed by atoms with Crippen molar-refractivity contribution in [1.29, 1.82) is 0 Å². The lowest BCUT2D eigenvalue weighted by Crippen LogP contribution is -2.21. The number of nitrogens with one attached hydrogen (secondary N) is 1. The number of rotatable bonds is 2. The van der Waals surface area contributed by atoms with Crippen molar-refractivity contribution in [2.75, 3.05) is 0 Å². The van der Waals surface area contributed by atoms with Crippen LogP contribution in [0.1, 0.15) is 25.0 Å². The van der Waals surface area contributed by atoms with E-state index in [1.807, 2.05) is 20.0 Å². The molecule has 0 unspecified atom stereocenters. The number of fused-ring (bicyclic) bond motifs is 1. The summed E-state index contributed by atoms with van der Waals surface area (Å²) in [6, 6.07) is 6.31. The summed E-state index contributed by atoms with van der Waals surface area (Å²) in [5, 5.41) is 11.0. The summed E-state index contributed by atoms with van der Waals surface area (Å²) in [5.41, 5.74) is 2.93. The van der Waals surface area contributed by atoms with Gasteiger partial charge in [-0.1, -0.05) is 12.1 Å². The van der Waals surface area contributed by atoms with Gasteiger partial charge in [-0.15, -0.1) is 0 Å². The van der Waals surface area contributed by atoms with E-state index >= 15 is 0 Å². The van der Waals surface area contributed by atoms with Crippen molar-refractivity contribution < 1.29 is 5.11 Å². The minimum absolute atomic E-state index is 0.644. The van der Waals surface area contributed by atoms with Crippen LogP contribution in [0.15, 0.2) is 24.4 Å². The fourth-order valence-electron chi connectivity index (χ4n) is 1.93. The largest absolute Gasteiger partial charge is 0.390 e. The molecule has 1 aromatic carbocycles. The Labute approximate surface area is 89.9 Å². The van der Waals surface area contributed by atoms with E-state index < -0.39 is 5.60 Å². The van der Waals surface area contributed by atoms with Crippen LogP contribution in [0.2, 0.25) is 0 Å². The van der Waals surface area contributed by atoms with Crippen LogP contribution in [-0.2, 0) is 6.42 Å². The SMILES string of the molecule is Cc1c[nH]c2cc(CC(C)(C)O)ccc12. The molecule has 0 saturated carbocycles. The molecule has 0 amide bonds. The molecule has 1 aromatic heterocycles. The zero-order valence-electron chi connectivity index (χ0n) is 9.46. The maximum absolute atomic E-state index is 9.74. The molecule has 15 heavy (non-hydrogen) atoms. The van der Waals surface area contributed by atoms with Crippen LogP contribution in [0, 0.1) is 6.92 Å². The third-order valence-electron chi connectivity index (χ3n) is 2.59. The highest BCUT2D eigenvalue weighted by Gasteiger charge is 2.13. The number of benzene rings is 1. The second-order valence-electron chi connectivity index (χ2n) is 4.84. The molecule has 2 N–H and O–H groups in total. The molecule has 2 nitrogen and oxygen atoms in total. The summed E-state index contributed by atoms with van der Waals surface area (Å²) in [7, 11) is 0. The third kappa shape index (κ3) is 2.21. The second kappa shape index (κ2) is 3.38. The minimum Gasteiger partial charge on any atom is -0.390 e. The van der Waals surface area contributed by atoms with Gasteiger partial charge in [0.1, 0.15) is 0 Å². The van der Waals surface area contributed by atoms with Crippen LogP contribution in [0.5, 0.6) is 0 Å². The summed E-state index contributed by atoms with van der Waals surface area (Å²) in [6.07, 6.45) is 2.69. The maximum atomic E-state index is 9.74. The number of hydrogen-bond acceptors (Lipinski definition) is 1. The molecule has 0 atom stereocenters. The Bertz CT molecular complexity index is 477. The third-order valence-corrected chi connectivity index (χ3v) is 2.59. The molecule has 0 fully saturated rings. The van der Waals surface area contributed by atoms with E-state index in [0.29, 0.717) is 6.42 Å². The number of aromatic amines is 1. The number of hydrogen-bond donors (Lipinski definition) is 2. The van der Waals surface area contributed by atoms with Gasteiger partial charge in [-0.3, -0.25) is 0 Å². The van der Waals surface area contributed by atoms with Gasteiger partial charge < -0.3 is 10.1 Å². The molecule has 80 valence electrons. The van der Waals surface area contributed by atoms with Crippen molar-refractivity contribution in [2.24, 2.45) is 0 Å². The average Bonchev–Trinajstić information content (AvgIpc) is 2.45. The quantitative estimate of drug-likeness (QED) is 0.773. The Balaban J connectivity index is 2.39. The van der Waals surface area contributed by atoms with Crippen LogP contribution < -0.4 is 0 Å². The first-order valence-corrected chi connectivity index (χ1v) is 5.25. The van der Waals surface area contributed by atoms with Gasteiger partial charge in [-0.05, 0) is 38.0 Å². The summed E-state index contributed by atoms with van der Waals surface area (Å²) in [6.45, 7) is 5.75. The normalized spacial score (nSPS) is 12.3. The number of aliphatic hydroxyl groups is 1. The highest BCUT2D eigenvalue weighted by Crippen LogP contribution is 2.21. The smallest absolute Gasteiger partial charge is 0.0631 e. The molecule has 2 aromatic rings. The van der Waals surface area contributed by atoms with E-state index in [2.05, 4.69) is 30.1 Å². The van der Waals surface area contributed by atoms with Crippen LogP contribution in [0.4, 0.5) is 0 Å². The monoisotopic (exact) mass is 203 g/mol. The van der Waals surface area contributed by atoms with Gasteiger partial charge in [0.15, 0.2) is 0 Å². The predicted molar refractivity (Wildman–Crippen MR) is 63.0 cm³/mol. The van der Waals surface area contributed by atoms with E-state index in [0.717, 1.165) is 11.1 Å². The van der Waals surface area contributed by atoms with Gasteiger partial charge in [0.05, 0.1) is 5.60 Å². The molecule has 0 bridgehead atoms. The Kier molecular flexibility index (Phi) is 2.31. The molecule has 0 saturated heterocycles. The van der Waals surface area contributed by atoms with Crippen LogP contribution in [-0.4, -0.2) is 15.7 Å². The molecular formula is C13H17NO. The summed E-state index contributed by atoms with van der Waals surface area (Å²) < 4.78 is 0. The van der Waals surface area contributed by atoms with Crippen molar-refractivity contribution in [3.05, 3.63) is 35.5 Å². The van der Waals surface area contributed by atoms with Crippen LogP contribution in [0.3, 0.4) is 0 Å². The van der Waals surface area contributed by atoms with Gasteiger partial charge in [-0.25, -0.2) is 0 Å².